The second-order valence-electron chi connectivity index (χ2n) is 5.51. The predicted molar refractivity (Wildman–Crippen MR) is 87.6 cm³/mol. The lowest BCUT2D eigenvalue weighted by Crippen LogP contribution is -2.43. The SMILES string of the molecule is CC1=NC(=O)N(C)C(=O)C1CCC(=O)Nc1ccc(C(N)=O)cc1. The number of hydrogen-bond donors (Lipinski definition) is 2. The molecule has 8 nitrogen and oxygen atoms in total. The fraction of sp³-hybridized carbons (Fsp3) is 0.312. The van der Waals surface area contributed by atoms with Crippen molar-refractivity contribution in [3.8, 4) is 0 Å². The number of rotatable bonds is 5. The Morgan fingerprint density at radius 1 is 1.25 bits per heavy atom. The maximum Gasteiger partial charge on any atom is 0.349 e. The van der Waals surface area contributed by atoms with Crippen LogP contribution in [0.4, 0.5) is 10.5 Å². The molecule has 0 spiro atoms. The van der Waals surface area contributed by atoms with E-state index in [-0.39, 0.29) is 24.7 Å². The molecule has 1 unspecified atom stereocenters. The number of nitrogens with two attached hydrogens (primary N) is 1. The van der Waals surface area contributed by atoms with Crippen LogP contribution >= 0.6 is 0 Å². The Morgan fingerprint density at radius 2 is 1.88 bits per heavy atom. The molecule has 2 rings (SSSR count). The summed E-state index contributed by atoms with van der Waals surface area (Å²) < 4.78 is 0. The third kappa shape index (κ3) is 3.83. The van der Waals surface area contributed by atoms with Crippen molar-refractivity contribution in [3.05, 3.63) is 29.8 Å². The van der Waals surface area contributed by atoms with Gasteiger partial charge in [0.15, 0.2) is 0 Å². The van der Waals surface area contributed by atoms with Crippen molar-refractivity contribution < 1.29 is 19.2 Å². The Balaban J connectivity index is 1.93. The van der Waals surface area contributed by atoms with Gasteiger partial charge in [-0.25, -0.2) is 9.79 Å². The van der Waals surface area contributed by atoms with Crippen molar-refractivity contribution in [2.75, 3.05) is 12.4 Å². The van der Waals surface area contributed by atoms with Crippen molar-refractivity contribution >= 4 is 35.2 Å². The fourth-order valence-corrected chi connectivity index (χ4v) is 2.36. The van der Waals surface area contributed by atoms with Gasteiger partial charge in [0.2, 0.25) is 17.7 Å². The van der Waals surface area contributed by atoms with E-state index in [1.807, 2.05) is 0 Å². The molecule has 1 atom stereocenters. The van der Waals surface area contributed by atoms with Crippen LogP contribution in [0, 0.1) is 5.92 Å². The number of carbonyl (C=O) groups is 4. The Morgan fingerprint density at radius 3 is 2.46 bits per heavy atom. The second kappa shape index (κ2) is 7.03. The molecule has 0 radical (unpaired) electrons. The molecule has 0 bridgehead atoms. The molecule has 3 N–H and O–H groups in total. The van der Waals surface area contributed by atoms with Gasteiger partial charge in [-0.2, -0.15) is 0 Å². The lowest BCUT2D eigenvalue weighted by atomic mass is 9.95. The summed E-state index contributed by atoms with van der Waals surface area (Å²) in [4.78, 5) is 51.2. The summed E-state index contributed by atoms with van der Waals surface area (Å²) in [6, 6.07) is 5.58. The van der Waals surface area contributed by atoms with Crippen LogP contribution in [0.3, 0.4) is 0 Å². The van der Waals surface area contributed by atoms with E-state index in [1.54, 1.807) is 19.1 Å². The first-order valence-electron chi connectivity index (χ1n) is 7.36. The quantitative estimate of drug-likeness (QED) is 0.841. The lowest BCUT2D eigenvalue weighted by Gasteiger charge is -2.25. The number of nitrogens with zero attached hydrogens (tertiary/aromatic N) is 2. The smallest absolute Gasteiger partial charge is 0.349 e. The van der Waals surface area contributed by atoms with Crippen molar-refractivity contribution in [2.45, 2.75) is 19.8 Å². The van der Waals surface area contributed by atoms with Gasteiger partial charge in [0.05, 0.1) is 5.92 Å². The zero-order valence-electron chi connectivity index (χ0n) is 13.4. The lowest BCUT2D eigenvalue weighted by molar-refractivity contribution is -0.129. The molecule has 1 aliphatic rings. The average molecular weight is 330 g/mol. The Labute approximate surface area is 138 Å². The van der Waals surface area contributed by atoms with E-state index in [2.05, 4.69) is 10.3 Å². The summed E-state index contributed by atoms with van der Waals surface area (Å²) in [5.74, 6) is -1.75. The fourth-order valence-electron chi connectivity index (χ4n) is 2.36. The number of carbonyl (C=O) groups excluding carboxylic acids is 4. The highest BCUT2D eigenvalue weighted by atomic mass is 16.2. The summed E-state index contributed by atoms with van der Waals surface area (Å²) >= 11 is 0. The van der Waals surface area contributed by atoms with Crippen molar-refractivity contribution in [2.24, 2.45) is 16.6 Å². The Hall–Kier alpha value is -3.03. The number of hydrogen-bond acceptors (Lipinski definition) is 4. The highest BCUT2D eigenvalue weighted by Gasteiger charge is 2.33. The van der Waals surface area contributed by atoms with Crippen LogP contribution in [-0.2, 0) is 9.59 Å². The first-order chi connectivity index (χ1) is 11.3. The first kappa shape index (κ1) is 17.3. The highest BCUT2D eigenvalue weighted by molar-refractivity contribution is 6.15. The summed E-state index contributed by atoms with van der Waals surface area (Å²) in [5, 5.41) is 2.67. The maximum atomic E-state index is 12.1. The molecule has 0 saturated heterocycles. The van der Waals surface area contributed by atoms with E-state index < -0.39 is 17.9 Å². The third-order valence-corrected chi connectivity index (χ3v) is 3.81. The number of urea groups is 1. The van der Waals surface area contributed by atoms with E-state index in [4.69, 9.17) is 5.73 Å². The van der Waals surface area contributed by atoms with Crippen LogP contribution in [0.5, 0.6) is 0 Å². The van der Waals surface area contributed by atoms with Gasteiger partial charge >= 0.3 is 6.03 Å². The third-order valence-electron chi connectivity index (χ3n) is 3.81. The molecule has 24 heavy (non-hydrogen) atoms. The number of amides is 5. The van der Waals surface area contributed by atoms with Gasteiger partial charge in [0, 0.05) is 30.4 Å². The van der Waals surface area contributed by atoms with Crippen LogP contribution in [0.1, 0.15) is 30.1 Å². The van der Waals surface area contributed by atoms with Crippen molar-refractivity contribution in [1.82, 2.24) is 4.90 Å². The van der Waals surface area contributed by atoms with Gasteiger partial charge in [-0.05, 0) is 37.6 Å². The second-order valence-corrected chi connectivity index (χ2v) is 5.51. The Bertz CT molecular complexity index is 724. The van der Waals surface area contributed by atoms with Gasteiger partial charge in [-0.15, -0.1) is 0 Å². The minimum atomic E-state index is -0.590. The van der Waals surface area contributed by atoms with E-state index in [9.17, 15) is 19.2 Å². The zero-order chi connectivity index (χ0) is 17.9. The molecular formula is C16H18N4O4. The molecule has 1 heterocycles. The zero-order valence-corrected chi connectivity index (χ0v) is 13.4. The number of aliphatic imine (C=N–C) groups is 1. The van der Waals surface area contributed by atoms with Gasteiger partial charge in [-0.3, -0.25) is 19.3 Å². The molecule has 1 aromatic carbocycles. The normalized spacial score (nSPS) is 17.5. The molecule has 8 heteroatoms. The van der Waals surface area contributed by atoms with Crippen LogP contribution in [0.15, 0.2) is 29.3 Å². The molecule has 5 amide bonds. The molecule has 126 valence electrons. The van der Waals surface area contributed by atoms with Gasteiger partial charge in [0.25, 0.3) is 0 Å². The minimum Gasteiger partial charge on any atom is -0.366 e. The van der Waals surface area contributed by atoms with Gasteiger partial charge < -0.3 is 11.1 Å². The summed E-state index contributed by atoms with van der Waals surface area (Å²) in [7, 11) is 1.37. The number of benzene rings is 1. The standard InChI is InChI=1S/C16H18N4O4/c1-9-12(15(23)20(2)16(24)18-9)7-8-13(21)19-11-5-3-10(4-6-11)14(17)22/h3-6,12H,7-8H2,1-2H3,(H2,17,22)(H,19,21). The molecule has 0 aromatic heterocycles. The highest BCUT2D eigenvalue weighted by Crippen LogP contribution is 2.18. The monoisotopic (exact) mass is 330 g/mol. The molecular weight excluding hydrogens is 312 g/mol. The number of primary amides is 1. The van der Waals surface area contributed by atoms with Gasteiger partial charge in [0.1, 0.15) is 0 Å². The predicted octanol–water partition coefficient (Wildman–Crippen LogP) is 1.17. The number of anilines is 1. The molecule has 0 fully saturated rings. The first-order valence-corrected chi connectivity index (χ1v) is 7.36. The van der Waals surface area contributed by atoms with Crippen molar-refractivity contribution in [1.29, 1.82) is 0 Å². The molecule has 1 aliphatic heterocycles. The van der Waals surface area contributed by atoms with Crippen LogP contribution < -0.4 is 11.1 Å². The minimum absolute atomic E-state index is 0.100. The molecule has 0 saturated carbocycles. The van der Waals surface area contributed by atoms with Crippen LogP contribution in [0.25, 0.3) is 0 Å². The van der Waals surface area contributed by atoms with Gasteiger partial charge in [-0.1, -0.05) is 0 Å². The number of nitrogens with one attached hydrogen (secondary N) is 1. The Kier molecular flexibility index (Phi) is 5.08. The topological polar surface area (TPSA) is 122 Å². The van der Waals surface area contributed by atoms with E-state index in [0.717, 1.165) is 4.90 Å². The summed E-state index contributed by atoms with van der Waals surface area (Å²) in [5.41, 5.74) is 6.44. The van der Waals surface area contributed by atoms with E-state index >= 15 is 0 Å². The van der Waals surface area contributed by atoms with E-state index in [1.165, 1.54) is 19.2 Å². The summed E-state index contributed by atoms with van der Waals surface area (Å²) in [6.07, 6.45) is 0.361. The van der Waals surface area contributed by atoms with Crippen LogP contribution in [-0.4, -0.2) is 41.4 Å². The van der Waals surface area contributed by atoms with E-state index in [0.29, 0.717) is 17.0 Å². The molecule has 0 aliphatic carbocycles. The number of imide groups is 1. The largest absolute Gasteiger partial charge is 0.366 e. The molecule has 1 aromatic rings. The van der Waals surface area contributed by atoms with Crippen LogP contribution in [0.2, 0.25) is 0 Å². The van der Waals surface area contributed by atoms with Crippen molar-refractivity contribution in [3.63, 3.8) is 0 Å². The maximum absolute atomic E-state index is 12.1. The summed E-state index contributed by atoms with van der Waals surface area (Å²) in [6.45, 7) is 1.61. The average Bonchev–Trinajstić information content (AvgIpc) is 2.53.